The highest BCUT2D eigenvalue weighted by Crippen LogP contribution is 2.27. The number of nitrogens with zero attached hydrogens (tertiary/aromatic N) is 3. The van der Waals surface area contributed by atoms with Gasteiger partial charge in [-0.05, 0) is 32.0 Å². The van der Waals surface area contributed by atoms with E-state index in [9.17, 15) is 9.59 Å². The summed E-state index contributed by atoms with van der Waals surface area (Å²) in [5.74, 6) is -0.291. The van der Waals surface area contributed by atoms with Gasteiger partial charge in [0.15, 0.2) is 5.65 Å². The zero-order valence-electron chi connectivity index (χ0n) is 15.2. The summed E-state index contributed by atoms with van der Waals surface area (Å²) < 4.78 is 7.10. The molecule has 1 aliphatic heterocycles. The molecule has 0 bridgehead atoms. The Morgan fingerprint density at radius 3 is 2.85 bits per heavy atom. The summed E-state index contributed by atoms with van der Waals surface area (Å²) in [6, 6.07) is 10.9. The number of ether oxygens (including phenoxy) is 1. The summed E-state index contributed by atoms with van der Waals surface area (Å²) in [6.07, 6.45) is 2.04. The van der Waals surface area contributed by atoms with E-state index in [1.165, 1.54) is 10.9 Å². The molecule has 0 saturated carbocycles. The molecule has 138 valence electrons. The number of nitrogens with one attached hydrogen (secondary N) is 1. The number of amides is 1. The van der Waals surface area contributed by atoms with Crippen LogP contribution in [0.15, 0.2) is 47.5 Å². The topological polar surface area (TPSA) is 86.1 Å². The normalized spacial score (nSPS) is 15.3. The minimum absolute atomic E-state index is 0.114. The van der Waals surface area contributed by atoms with Crippen molar-refractivity contribution in [3.8, 4) is 0 Å². The molecule has 1 aliphatic rings. The lowest BCUT2D eigenvalue weighted by atomic mass is 9.95. The Labute approximate surface area is 156 Å². The van der Waals surface area contributed by atoms with E-state index in [-0.39, 0.29) is 23.6 Å². The van der Waals surface area contributed by atoms with Gasteiger partial charge in [0.1, 0.15) is 12.9 Å². The number of rotatable bonds is 3. The van der Waals surface area contributed by atoms with Gasteiger partial charge in [-0.2, -0.15) is 0 Å². The van der Waals surface area contributed by atoms with E-state index < -0.39 is 0 Å². The average molecular weight is 364 g/mol. The summed E-state index contributed by atoms with van der Waals surface area (Å²) in [5, 5.41) is 3.16. The molecular formula is C20H20N4O3. The van der Waals surface area contributed by atoms with Gasteiger partial charge in [0.2, 0.25) is 5.91 Å². The third kappa shape index (κ3) is 3.59. The number of hydrogen-bond donors (Lipinski definition) is 1. The molecular weight excluding hydrogens is 344 g/mol. The summed E-state index contributed by atoms with van der Waals surface area (Å²) in [6.45, 7) is 4.32. The zero-order chi connectivity index (χ0) is 19.0. The van der Waals surface area contributed by atoms with Crippen LogP contribution in [0, 0.1) is 0 Å². The van der Waals surface area contributed by atoms with Crippen LogP contribution < -0.4 is 10.9 Å². The predicted octanol–water partition coefficient (Wildman–Crippen LogP) is 2.28. The van der Waals surface area contributed by atoms with Crippen LogP contribution in [0.3, 0.4) is 0 Å². The quantitative estimate of drug-likeness (QED) is 0.771. The molecule has 1 N–H and O–H groups in total. The Balaban J connectivity index is 1.62. The van der Waals surface area contributed by atoms with Crippen molar-refractivity contribution in [2.75, 3.05) is 5.32 Å². The van der Waals surface area contributed by atoms with E-state index in [4.69, 9.17) is 4.74 Å². The largest absolute Gasteiger partial charge is 0.370 e. The van der Waals surface area contributed by atoms with Crippen LogP contribution in [-0.4, -0.2) is 26.0 Å². The van der Waals surface area contributed by atoms with Crippen LogP contribution in [-0.2, 0) is 29.1 Å². The van der Waals surface area contributed by atoms with Crippen LogP contribution in [0.25, 0.3) is 11.0 Å². The summed E-state index contributed by atoms with van der Waals surface area (Å²) in [7, 11) is 0. The molecule has 1 aromatic carbocycles. The van der Waals surface area contributed by atoms with E-state index in [0.29, 0.717) is 29.7 Å². The molecule has 0 fully saturated rings. The van der Waals surface area contributed by atoms with Gasteiger partial charge in [0.05, 0.1) is 23.3 Å². The molecule has 7 heteroatoms. The number of carbonyl (C=O) groups excluding carboxylic acids is 1. The van der Waals surface area contributed by atoms with Gasteiger partial charge in [-0.3, -0.25) is 14.2 Å². The number of fused-ring (bicyclic) bond motifs is 2. The number of anilines is 1. The molecule has 0 radical (unpaired) electrons. The van der Waals surface area contributed by atoms with E-state index in [1.54, 1.807) is 18.2 Å². The van der Waals surface area contributed by atoms with Gasteiger partial charge in [-0.1, -0.05) is 18.2 Å². The average Bonchev–Trinajstić information content (AvgIpc) is 2.63. The van der Waals surface area contributed by atoms with Crippen molar-refractivity contribution >= 4 is 22.6 Å². The highest BCUT2D eigenvalue weighted by molar-refractivity contribution is 5.90. The number of pyridine rings is 1. The Kier molecular flexibility index (Phi) is 4.24. The summed E-state index contributed by atoms with van der Waals surface area (Å²) in [5.41, 5.74) is 2.31. The monoisotopic (exact) mass is 364 g/mol. The van der Waals surface area contributed by atoms with Crippen LogP contribution in [0.2, 0.25) is 0 Å². The standard InChI is InChI=1S/C20H20N4O3/c1-20(2)9-16-13(11-27-20)8-15-18(23-16)21-12-24(19(15)26)10-17(25)22-14-6-4-3-5-7-14/h3-8,12H,9-11H2,1-2H3,(H,22,25). The maximum atomic E-state index is 12.8. The minimum Gasteiger partial charge on any atom is -0.370 e. The first-order valence-electron chi connectivity index (χ1n) is 8.78. The maximum Gasteiger partial charge on any atom is 0.263 e. The molecule has 27 heavy (non-hydrogen) atoms. The van der Waals surface area contributed by atoms with Gasteiger partial charge < -0.3 is 10.1 Å². The second-order valence-electron chi connectivity index (χ2n) is 7.28. The van der Waals surface area contributed by atoms with Crippen molar-refractivity contribution < 1.29 is 9.53 Å². The first kappa shape index (κ1) is 17.4. The van der Waals surface area contributed by atoms with E-state index in [2.05, 4.69) is 15.3 Å². The number of hydrogen-bond acceptors (Lipinski definition) is 5. The number of benzene rings is 1. The molecule has 3 aromatic rings. The highest BCUT2D eigenvalue weighted by Gasteiger charge is 2.27. The lowest BCUT2D eigenvalue weighted by Gasteiger charge is -2.31. The fourth-order valence-electron chi connectivity index (χ4n) is 3.16. The highest BCUT2D eigenvalue weighted by atomic mass is 16.5. The summed E-state index contributed by atoms with van der Waals surface area (Å²) >= 11 is 0. The Morgan fingerprint density at radius 1 is 1.30 bits per heavy atom. The van der Waals surface area contributed by atoms with E-state index in [1.807, 2.05) is 32.0 Å². The van der Waals surface area contributed by atoms with Crippen molar-refractivity contribution in [1.29, 1.82) is 0 Å². The molecule has 1 amide bonds. The van der Waals surface area contributed by atoms with Gasteiger partial charge in [0.25, 0.3) is 5.56 Å². The Bertz CT molecular complexity index is 1070. The predicted molar refractivity (Wildman–Crippen MR) is 101 cm³/mol. The molecule has 4 rings (SSSR count). The molecule has 0 saturated heterocycles. The molecule has 0 spiro atoms. The first-order chi connectivity index (χ1) is 12.9. The lowest BCUT2D eigenvalue weighted by Crippen LogP contribution is -2.33. The molecule has 0 atom stereocenters. The van der Waals surface area contributed by atoms with Crippen molar-refractivity contribution in [1.82, 2.24) is 14.5 Å². The van der Waals surface area contributed by atoms with E-state index in [0.717, 1.165) is 11.3 Å². The van der Waals surface area contributed by atoms with E-state index >= 15 is 0 Å². The number of aromatic nitrogens is 3. The van der Waals surface area contributed by atoms with Crippen LogP contribution in [0.1, 0.15) is 25.1 Å². The Morgan fingerprint density at radius 2 is 2.07 bits per heavy atom. The van der Waals surface area contributed by atoms with Crippen molar-refractivity contribution in [3.63, 3.8) is 0 Å². The zero-order valence-corrected chi connectivity index (χ0v) is 15.2. The van der Waals surface area contributed by atoms with Crippen molar-refractivity contribution in [2.24, 2.45) is 0 Å². The fourth-order valence-corrected chi connectivity index (χ4v) is 3.16. The van der Waals surface area contributed by atoms with Crippen molar-refractivity contribution in [3.05, 3.63) is 64.3 Å². The third-order valence-corrected chi connectivity index (χ3v) is 4.56. The van der Waals surface area contributed by atoms with Gasteiger partial charge in [-0.25, -0.2) is 9.97 Å². The SMILES string of the molecule is CC1(C)Cc2nc3ncn(CC(=O)Nc4ccccc4)c(=O)c3cc2CO1. The Hall–Kier alpha value is -3.06. The van der Waals surface area contributed by atoms with Crippen LogP contribution in [0.4, 0.5) is 5.69 Å². The molecule has 2 aromatic heterocycles. The van der Waals surface area contributed by atoms with Crippen LogP contribution >= 0.6 is 0 Å². The van der Waals surface area contributed by atoms with Crippen LogP contribution in [0.5, 0.6) is 0 Å². The molecule has 0 aliphatic carbocycles. The summed E-state index contributed by atoms with van der Waals surface area (Å²) in [4.78, 5) is 33.9. The smallest absolute Gasteiger partial charge is 0.263 e. The van der Waals surface area contributed by atoms with Gasteiger partial charge >= 0.3 is 0 Å². The second-order valence-corrected chi connectivity index (χ2v) is 7.28. The fraction of sp³-hybridized carbons (Fsp3) is 0.300. The molecule has 3 heterocycles. The first-order valence-corrected chi connectivity index (χ1v) is 8.78. The maximum absolute atomic E-state index is 12.8. The van der Waals surface area contributed by atoms with Gasteiger partial charge in [0, 0.05) is 17.7 Å². The molecule has 7 nitrogen and oxygen atoms in total. The third-order valence-electron chi connectivity index (χ3n) is 4.56. The molecule has 0 unspecified atom stereocenters. The second kappa shape index (κ2) is 6.59. The lowest BCUT2D eigenvalue weighted by molar-refractivity contribution is -0.116. The number of carbonyl (C=O) groups is 1. The van der Waals surface area contributed by atoms with Gasteiger partial charge in [-0.15, -0.1) is 0 Å². The number of para-hydroxylation sites is 1. The van der Waals surface area contributed by atoms with Crippen molar-refractivity contribution in [2.45, 2.75) is 39.0 Å². The minimum atomic E-state index is -0.291.